The van der Waals surface area contributed by atoms with Gasteiger partial charge in [0.25, 0.3) is 11.6 Å². The summed E-state index contributed by atoms with van der Waals surface area (Å²) in [7, 11) is 0. The van der Waals surface area contributed by atoms with Crippen molar-refractivity contribution in [1.29, 1.82) is 0 Å². The fraction of sp³-hybridized carbons (Fsp3) is 0.240. The number of carbonyl (C=O) groups excluding carboxylic acids is 1. The molecule has 2 aromatic carbocycles. The van der Waals surface area contributed by atoms with E-state index >= 15 is 0 Å². The average Bonchev–Trinajstić information content (AvgIpc) is 3.03. The van der Waals surface area contributed by atoms with E-state index in [9.17, 15) is 14.9 Å². The molecule has 0 saturated heterocycles. The molecule has 0 bridgehead atoms. The SMILES string of the molecule is CC1=CC(C)(C)C/C(=N/N2C(=O)/C(=C\c3cccc([N+](=O)[O-])c3)N=C2c2ccccc2)C1. The molecule has 7 nitrogen and oxygen atoms in total. The van der Waals surface area contributed by atoms with Gasteiger partial charge in [0, 0.05) is 29.8 Å². The number of rotatable bonds is 4. The Morgan fingerprint density at radius 1 is 1.16 bits per heavy atom. The first-order valence-electron chi connectivity index (χ1n) is 10.4. The molecule has 0 aromatic heterocycles. The van der Waals surface area contributed by atoms with E-state index in [4.69, 9.17) is 5.10 Å². The van der Waals surface area contributed by atoms with Gasteiger partial charge in [-0.2, -0.15) is 10.1 Å². The maximum absolute atomic E-state index is 13.3. The van der Waals surface area contributed by atoms with Crippen molar-refractivity contribution in [1.82, 2.24) is 5.01 Å². The molecule has 7 heteroatoms. The summed E-state index contributed by atoms with van der Waals surface area (Å²) in [4.78, 5) is 28.5. The van der Waals surface area contributed by atoms with E-state index in [1.807, 2.05) is 30.3 Å². The number of aliphatic imine (C=N–C) groups is 1. The smallest absolute Gasteiger partial charge is 0.265 e. The lowest BCUT2D eigenvalue weighted by Crippen LogP contribution is -2.31. The minimum absolute atomic E-state index is 0.0321. The van der Waals surface area contributed by atoms with E-state index in [1.165, 1.54) is 22.7 Å². The Kier molecular flexibility index (Phi) is 5.57. The Morgan fingerprint density at radius 3 is 2.59 bits per heavy atom. The van der Waals surface area contributed by atoms with E-state index < -0.39 is 4.92 Å². The standard InChI is InChI=1S/C25H24N4O3/c1-17-12-20(16-25(2,3)15-17)27-28-23(19-9-5-4-6-10-19)26-22(24(28)30)14-18-8-7-11-21(13-18)29(31)32/h4-11,13-15H,12,16H2,1-3H3/b22-14+,27-20+. The van der Waals surface area contributed by atoms with Crippen LogP contribution in [0.1, 0.15) is 44.7 Å². The highest BCUT2D eigenvalue weighted by Crippen LogP contribution is 2.33. The van der Waals surface area contributed by atoms with Crippen LogP contribution in [0.25, 0.3) is 6.08 Å². The molecule has 0 spiro atoms. The maximum atomic E-state index is 13.3. The van der Waals surface area contributed by atoms with Gasteiger partial charge in [0.2, 0.25) is 0 Å². The van der Waals surface area contributed by atoms with Gasteiger partial charge in [0.1, 0.15) is 5.70 Å². The third-order valence-electron chi connectivity index (χ3n) is 5.28. The van der Waals surface area contributed by atoms with Crippen molar-refractivity contribution in [2.24, 2.45) is 15.5 Å². The van der Waals surface area contributed by atoms with Crippen LogP contribution in [0.5, 0.6) is 0 Å². The molecule has 0 N–H and O–H groups in total. The van der Waals surface area contributed by atoms with Crippen LogP contribution in [0.4, 0.5) is 5.69 Å². The Morgan fingerprint density at radius 2 is 1.91 bits per heavy atom. The van der Waals surface area contributed by atoms with Gasteiger partial charge in [-0.3, -0.25) is 14.9 Å². The molecule has 0 fully saturated rings. The number of amides is 1. The van der Waals surface area contributed by atoms with Crippen molar-refractivity contribution >= 4 is 29.2 Å². The third-order valence-corrected chi connectivity index (χ3v) is 5.28. The van der Waals surface area contributed by atoms with Gasteiger partial charge in [-0.25, -0.2) is 4.99 Å². The monoisotopic (exact) mass is 428 g/mol. The lowest BCUT2D eigenvalue weighted by atomic mass is 9.79. The zero-order valence-corrected chi connectivity index (χ0v) is 18.3. The Bertz CT molecular complexity index is 1210. The predicted octanol–water partition coefficient (Wildman–Crippen LogP) is 5.35. The zero-order valence-electron chi connectivity index (χ0n) is 18.3. The third kappa shape index (κ3) is 4.56. The number of benzene rings is 2. The molecule has 0 radical (unpaired) electrons. The number of hydrazone groups is 1. The van der Waals surface area contributed by atoms with Crippen molar-refractivity contribution in [3.63, 3.8) is 0 Å². The summed E-state index contributed by atoms with van der Waals surface area (Å²) < 4.78 is 0. The molecule has 0 saturated carbocycles. The summed E-state index contributed by atoms with van der Waals surface area (Å²) in [6.45, 7) is 6.37. The van der Waals surface area contributed by atoms with Gasteiger partial charge in [-0.05, 0) is 30.4 Å². The number of allylic oxidation sites excluding steroid dienone is 2. The van der Waals surface area contributed by atoms with Gasteiger partial charge in [-0.1, -0.05) is 68.0 Å². The molecule has 4 rings (SSSR count). The second kappa shape index (κ2) is 8.34. The molecule has 1 amide bonds. The molecule has 0 atom stereocenters. The predicted molar refractivity (Wildman–Crippen MR) is 125 cm³/mol. The summed E-state index contributed by atoms with van der Waals surface area (Å²) in [5, 5.41) is 17.2. The Labute approximate surface area is 186 Å². The Balaban J connectivity index is 1.76. The van der Waals surface area contributed by atoms with Crippen LogP contribution < -0.4 is 0 Å². The molecule has 1 heterocycles. The number of nitrogens with zero attached hydrogens (tertiary/aromatic N) is 4. The van der Waals surface area contributed by atoms with Crippen molar-refractivity contribution in [3.8, 4) is 0 Å². The highest BCUT2D eigenvalue weighted by molar-refractivity contribution is 6.20. The minimum Gasteiger partial charge on any atom is -0.265 e. The van der Waals surface area contributed by atoms with Crippen LogP contribution in [-0.4, -0.2) is 27.4 Å². The van der Waals surface area contributed by atoms with E-state index in [0.717, 1.165) is 17.7 Å². The lowest BCUT2D eigenvalue weighted by Gasteiger charge is -2.28. The van der Waals surface area contributed by atoms with Crippen LogP contribution in [0.15, 0.2) is 82.0 Å². The lowest BCUT2D eigenvalue weighted by molar-refractivity contribution is -0.384. The normalized spacial score (nSPS) is 20.5. The first-order chi connectivity index (χ1) is 15.2. The number of hydrogen-bond donors (Lipinski definition) is 0. The largest absolute Gasteiger partial charge is 0.298 e. The van der Waals surface area contributed by atoms with Gasteiger partial charge < -0.3 is 0 Å². The summed E-state index contributed by atoms with van der Waals surface area (Å²) in [5.41, 5.74) is 3.56. The molecule has 2 aliphatic rings. The van der Waals surface area contributed by atoms with E-state index in [0.29, 0.717) is 17.8 Å². The zero-order chi connectivity index (χ0) is 22.9. The Hall–Kier alpha value is -3.87. The van der Waals surface area contributed by atoms with Crippen LogP contribution in [0.3, 0.4) is 0 Å². The fourth-order valence-corrected chi connectivity index (χ4v) is 4.15. The summed E-state index contributed by atoms with van der Waals surface area (Å²) >= 11 is 0. The van der Waals surface area contributed by atoms with E-state index in [-0.39, 0.29) is 22.7 Å². The van der Waals surface area contributed by atoms with Gasteiger partial charge in [-0.15, -0.1) is 0 Å². The molecule has 0 unspecified atom stereocenters. The fourth-order valence-electron chi connectivity index (χ4n) is 4.15. The molecular weight excluding hydrogens is 404 g/mol. The number of non-ortho nitro benzene ring substituents is 1. The van der Waals surface area contributed by atoms with Gasteiger partial charge in [0.05, 0.1) is 4.92 Å². The first-order valence-corrected chi connectivity index (χ1v) is 10.4. The molecule has 1 aliphatic carbocycles. The highest BCUT2D eigenvalue weighted by atomic mass is 16.6. The molecule has 162 valence electrons. The average molecular weight is 428 g/mol. The second-order valence-corrected chi connectivity index (χ2v) is 8.80. The van der Waals surface area contributed by atoms with Crippen LogP contribution in [0, 0.1) is 15.5 Å². The van der Waals surface area contributed by atoms with Crippen LogP contribution in [0.2, 0.25) is 0 Å². The molecule has 2 aromatic rings. The van der Waals surface area contributed by atoms with Gasteiger partial charge in [0.15, 0.2) is 5.84 Å². The number of carbonyl (C=O) groups is 1. The van der Waals surface area contributed by atoms with Crippen molar-refractivity contribution in [3.05, 3.63) is 93.2 Å². The number of nitro groups is 1. The van der Waals surface area contributed by atoms with Crippen LogP contribution in [-0.2, 0) is 4.79 Å². The topological polar surface area (TPSA) is 88.2 Å². The van der Waals surface area contributed by atoms with Gasteiger partial charge >= 0.3 is 0 Å². The number of amidine groups is 1. The van der Waals surface area contributed by atoms with E-state index in [1.54, 1.807) is 18.2 Å². The number of hydrogen-bond acceptors (Lipinski definition) is 5. The molecular formula is C25H24N4O3. The summed E-state index contributed by atoms with van der Waals surface area (Å²) in [6.07, 6.45) is 5.27. The van der Waals surface area contributed by atoms with E-state index in [2.05, 4.69) is 31.8 Å². The van der Waals surface area contributed by atoms with Crippen LogP contribution >= 0.6 is 0 Å². The quantitative estimate of drug-likeness (QED) is 0.285. The molecule has 32 heavy (non-hydrogen) atoms. The minimum atomic E-state index is -0.462. The summed E-state index contributed by atoms with van der Waals surface area (Å²) in [5.74, 6) is 0.0951. The second-order valence-electron chi connectivity index (χ2n) is 8.80. The van der Waals surface area contributed by atoms with Crippen molar-refractivity contribution < 1.29 is 9.72 Å². The number of nitro benzene ring substituents is 1. The van der Waals surface area contributed by atoms with Crippen molar-refractivity contribution in [2.75, 3.05) is 0 Å². The highest BCUT2D eigenvalue weighted by Gasteiger charge is 2.33. The first kappa shape index (κ1) is 21.4. The maximum Gasteiger partial charge on any atom is 0.298 e. The summed E-state index contributed by atoms with van der Waals surface area (Å²) in [6, 6.07) is 15.5. The molecule has 1 aliphatic heterocycles. The van der Waals surface area contributed by atoms with Crippen molar-refractivity contribution in [2.45, 2.75) is 33.6 Å².